The van der Waals surface area contributed by atoms with Crippen molar-refractivity contribution in [2.24, 2.45) is 5.10 Å². The fourth-order valence-corrected chi connectivity index (χ4v) is 8.52. The Morgan fingerprint density at radius 3 is 2.59 bits per heavy atom. The Hall–Kier alpha value is -4.44. The minimum absolute atomic E-state index is 0.110. The third kappa shape index (κ3) is 5.38. The highest BCUT2D eigenvalue weighted by Gasteiger charge is 2.27. The van der Waals surface area contributed by atoms with Crippen LogP contribution in [0, 0.1) is 17.0 Å². The van der Waals surface area contributed by atoms with Gasteiger partial charge in [0.2, 0.25) is 10.0 Å². The first kappa shape index (κ1) is 29.6. The van der Waals surface area contributed by atoms with Crippen molar-refractivity contribution in [3.63, 3.8) is 0 Å². The largest absolute Gasteiger partial charge is 0.277 e. The number of anilines is 1. The lowest BCUT2D eigenvalue weighted by atomic mass is 10.2. The van der Waals surface area contributed by atoms with E-state index in [-0.39, 0.29) is 29.4 Å². The maximum absolute atomic E-state index is 13.4. The normalized spacial score (nSPS) is 12.3. The Morgan fingerprint density at radius 1 is 1.09 bits per heavy atom. The van der Waals surface area contributed by atoms with E-state index in [1.165, 1.54) is 34.4 Å². The van der Waals surface area contributed by atoms with Crippen molar-refractivity contribution in [1.82, 2.24) is 23.9 Å². The van der Waals surface area contributed by atoms with Gasteiger partial charge in [-0.25, -0.2) is 22.9 Å². The number of fused-ring (bicyclic) bond motifs is 4. The number of para-hydroxylation sites is 2. The van der Waals surface area contributed by atoms with E-state index in [0.717, 1.165) is 36.6 Å². The Bertz CT molecular complexity index is 2160. The summed E-state index contributed by atoms with van der Waals surface area (Å²) in [5.41, 5.74) is 6.21. The average Bonchev–Trinajstić information content (AvgIpc) is 3.57. The van der Waals surface area contributed by atoms with Gasteiger partial charge < -0.3 is 0 Å². The number of hydrogen-bond acceptors (Lipinski definition) is 11. The Kier molecular flexibility index (Phi) is 8.02. The van der Waals surface area contributed by atoms with E-state index < -0.39 is 14.9 Å². The number of sulfonamides is 1. The Labute approximate surface area is 260 Å². The number of hydrazone groups is 1. The van der Waals surface area contributed by atoms with Crippen LogP contribution >= 0.6 is 23.1 Å². The van der Waals surface area contributed by atoms with E-state index in [0.29, 0.717) is 16.9 Å². The zero-order valence-corrected chi connectivity index (χ0v) is 26.3. The van der Waals surface area contributed by atoms with Gasteiger partial charge in [-0.15, -0.1) is 11.3 Å². The smallest absolute Gasteiger partial charge is 0.270 e. The molecule has 0 spiro atoms. The van der Waals surface area contributed by atoms with Gasteiger partial charge in [-0.1, -0.05) is 44.2 Å². The molecule has 44 heavy (non-hydrogen) atoms. The van der Waals surface area contributed by atoms with E-state index in [1.807, 2.05) is 55.5 Å². The summed E-state index contributed by atoms with van der Waals surface area (Å²) >= 11 is 3.08. The Balaban J connectivity index is 1.40. The van der Waals surface area contributed by atoms with Crippen molar-refractivity contribution in [3.8, 4) is 0 Å². The molecular formula is C29H26N8O4S3. The molecule has 0 unspecified atom stereocenters. The zero-order valence-electron chi connectivity index (χ0n) is 23.8. The summed E-state index contributed by atoms with van der Waals surface area (Å²) < 4.78 is 31.7. The van der Waals surface area contributed by atoms with Crippen molar-refractivity contribution >= 4 is 77.5 Å². The van der Waals surface area contributed by atoms with E-state index in [4.69, 9.17) is 15.1 Å². The van der Waals surface area contributed by atoms with Crippen LogP contribution in [0.3, 0.4) is 0 Å². The number of nitro benzene ring substituents is 1. The van der Waals surface area contributed by atoms with E-state index in [2.05, 4.69) is 10.5 Å². The summed E-state index contributed by atoms with van der Waals surface area (Å²) in [5, 5.41) is 22.2. The number of hydrogen-bond donors (Lipinski definition) is 1. The number of nitrogens with zero attached hydrogens (tertiary/aromatic N) is 7. The number of rotatable bonds is 10. The minimum Gasteiger partial charge on any atom is -0.277 e. The Morgan fingerprint density at radius 2 is 1.84 bits per heavy atom. The number of non-ortho nitro benzene ring substituents is 1. The first-order chi connectivity index (χ1) is 21.2. The summed E-state index contributed by atoms with van der Waals surface area (Å²) in [6, 6.07) is 19.5. The summed E-state index contributed by atoms with van der Waals surface area (Å²) in [6.45, 7) is 5.67. The lowest BCUT2D eigenvalue weighted by Gasteiger charge is -2.20. The number of nitrogens with one attached hydrogen (secondary N) is 1. The predicted molar refractivity (Wildman–Crippen MR) is 173 cm³/mol. The van der Waals surface area contributed by atoms with Crippen molar-refractivity contribution in [2.45, 2.75) is 35.0 Å². The second-order valence-electron chi connectivity index (χ2n) is 9.62. The summed E-state index contributed by atoms with van der Waals surface area (Å²) in [4.78, 5) is 20.3. The van der Waals surface area contributed by atoms with Crippen molar-refractivity contribution in [3.05, 3.63) is 88.1 Å². The maximum atomic E-state index is 13.4. The van der Waals surface area contributed by atoms with E-state index >= 15 is 0 Å². The van der Waals surface area contributed by atoms with Gasteiger partial charge in [-0.05, 0) is 43.0 Å². The molecule has 6 aromatic rings. The van der Waals surface area contributed by atoms with E-state index in [1.54, 1.807) is 29.7 Å². The van der Waals surface area contributed by atoms with Gasteiger partial charge in [0.25, 0.3) is 5.69 Å². The molecule has 0 saturated carbocycles. The maximum Gasteiger partial charge on any atom is 0.270 e. The highest BCUT2D eigenvalue weighted by atomic mass is 32.2. The summed E-state index contributed by atoms with van der Waals surface area (Å²) in [6.07, 6.45) is 1.53. The van der Waals surface area contributed by atoms with Crippen LogP contribution < -0.4 is 5.43 Å². The van der Waals surface area contributed by atoms with Crippen LogP contribution in [0.4, 0.5) is 11.4 Å². The van der Waals surface area contributed by atoms with Crippen LogP contribution in [0.1, 0.15) is 25.1 Å². The topological polar surface area (TPSA) is 148 Å². The van der Waals surface area contributed by atoms with Crippen LogP contribution in [0.15, 0.2) is 86.1 Å². The second kappa shape index (κ2) is 11.9. The van der Waals surface area contributed by atoms with Crippen molar-refractivity contribution in [2.75, 3.05) is 18.5 Å². The summed E-state index contributed by atoms with van der Waals surface area (Å²) in [7, 11) is -4.03. The number of aryl methyl sites for hydroxylation is 1. The molecule has 0 radical (unpaired) electrons. The lowest BCUT2D eigenvalue weighted by molar-refractivity contribution is -0.385. The third-order valence-electron chi connectivity index (χ3n) is 6.99. The predicted octanol–water partition coefficient (Wildman–Crippen LogP) is 6.34. The SMILES string of the molecule is CCN(CC)S(=O)(=O)c1cc([N+](=O)[O-])ccc1N/N=C\c1c(C)nn2c1nc(Sc1nc3ccccc3s1)c1ccccc12. The molecule has 0 aliphatic heterocycles. The van der Waals surface area contributed by atoms with Gasteiger partial charge in [-0.3, -0.25) is 15.5 Å². The van der Waals surface area contributed by atoms with Crippen LogP contribution in [0.2, 0.25) is 0 Å². The summed E-state index contributed by atoms with van der Waals surface area (Å²) in [5.74, 6) is 0. The molecule has 0 saturated heterocycles. The first-order valence-corrected chi connectivity index (χ1v) is 16.7. The average molecular weight is 647 g/mol. The molecule has 12 nitrogen and oxygen atoms in total. The molecule has 15 heteroatoms. The molecule has 0 aliphatic carbocycles. The van der Waals surface area contributed by atoms with Gasteiger partial charge in [-0.2, -0.15) is 14.5 Å². The monoisotopic (exact) mass is 646 g/mol. The standard InChI is InChI=1S/C29H26N8O4S3/c1-4-35(5-2)44(40,41)26-16-19(37(38)39)14-15-23(26)33-30-17-21-18(3)34-36-24-12-8-6-10-20(24)28(32-27(21)36)43-29-31-22-11-7-9-13-25(22)42-29/h6-17,33H,4-5H2,1-3H3/b30-17-. The van der Waals surface area contributed by atoms with Crippen molar-refractivity contribution < 1.29 is 13.3 Å². The molecule has 224 valence electrons. The lowest BCUT2D eigenvalue weighted by Crippen LogP contribution is -2.31. The fourth-order valence-electron chi connectivity index (χ4n) is 4.80. The second-order valence-corrected chi connectivity index (χ2v) is 13.8. The fraction of sp³-hybridized carbons (Fsp3) is 0.172. The van der Waals surface area contributed by atoms with Gasteiger partial charge >= 0.3 is 0 Å². The van der Waals surface area contributed by atoms with Gasteiger partial charge in [0, 0.05) is 30.6 Å². The van der Waals surface area contributed by atoms with Crippen LogP contribution in [-0.4, -0.2) is 56.5 Å². The van der Waals surface area contributed by atoms with Gasteiger partial charge in [0.15, 0.2) is 9.99 Å². The molecule has 3 aromatic carbocycles. The third-order valence-corrected chi connectivity index (χ3v) is 11.2. The molecule has 3 aromatic heterocycles. The van der Waals surface area contributed by atoms with Crippen LogP contribution in [0.5, 0.6) is 0 Å². The van der Waals surface area contributed by atoms with Crippen LogP contribution in [-0.2, 0) is 10.0 Å². The quantitative estimate of drug-likeness (QED) is 0.0779. The molecule has 0 amide bonds. The number of benzene rings is 3. The van der Waals surface area contributed by atoms with Gasteiger partial charge in [0.05, 0.1) is 43.8 Å². The molecule has 0 atom stereocenters. The zero-order chi connectivity index (χ0) is 31.0. The molecular weight excluding hydrogens is 621 g/mol. The molecule has 0 bridgehead atoms. The van der Waals surface area contributed by atoms with Gasteiger partial charge in [0.1, 0.15) is 9.92 Å². The molecule has 6 rings (SSSR count). The molecule has 0 aliphatic rings. The number of nitro groups is 1. The molecule has 3 heterocycles. The van der Waals surface area contributed by atoms with Crippen molar-refractivity contribution in [1.29, 1.82) is 0 Å². The minimum atomic E-state index is -4.03. The van der Waals surface area contributed by atoms with E-state index in [9.17, 15) is 18.5 Å². The highest BCUT2D eigenvalue weighted by molar-refractivity contribution is 8.01. The molecule has 1 N–H and O–H groups in total. The first-order valence-electron chi connectivity index (χ1n) is 13.6. The number of aromatic nitrogens is 4. The number of thiazole rings is 1. The molecule has 0 fully saturated rings. The van der Waals surface area contributed by atoms with Crippen LogP contribution in [0.25, 0.3) is 26.8 Å². The highest BCUT2D eigenvalue weighted by Crippen LogP contribution is 2.37.